The smallest absolute Gasteiger partial charge is 0.225 e. The number of nitrogens with one attached hydrogen (secondary N) is 1. The van der Waals surface area contributed by atoms with Crippen molar-refractivity contribution < 1.29 is 0 Å². The highest BCUT2D eigenvalue weighted by atomic mass is 15.3. The van der Waals surface area contributed by atoms with Crippen molar-refractivity contribution in [2.24, 2.45) is 5.73 Å². The molecule has 1 aliphatic heterocycles. The highest BCUT2D eigenvalue weighted by molar-refractivity contribution is 5.75. The van der Waals surface area contributed by atoms with E-state index in [1.54, 1.807) is 0 Å². The molecule has 1 fully saturated rings. The fraction of sp³-hybridized carbons (Fsp3) is 0.409. The van der Waals surface area contributed by atoms with Gasteiger partial charge in [-0.15, -0.1) is 0 Å². The van der Waals surface area contributed by atoms with E-state index in [0.717, 1.165) is 35.9 Å². The number of rotatable bonds is 3. The molecule has 0 unspecified atom stereocenters. The number of piperazine rings is 1. The zero-order valence-electron chi connectivity index (χ0n) is 17.3. The number of nitrogens with zero attached hydrogens (tertiary/aromatic N) is 4. The molecule has 0 bridgehead atoms. The first-order chi connectivity index (χ1) is 13.2. The molecule has 28 heavy (non-hydrogen) atoms. The maximum absolute atomic E-state index is 7.57. The van der Waals surface area contributed by atoms with Crippen LogP contribution >= 0.6 is 0 Å². The lowest BCUT2D eigenvalue weighted by Gasteiger charge is -2.34. The highest BCUT2D eigenvalue weighted by Crippen LogP contribution is 2.33. The molecule has 6 nitrogen and oxygen atoms in total. The summed E-state index contributed by atoms with van der Waals surface area (Å²) in [6, 6.07) is 8.44. The Morgan fingerprint density at radius 3 is 2.39 bits per heavy atom. The minimum absolute atomic E-state index is 0.0170. The van der Waals surface area contributed by atoms with Gasteiger partial charge in [-0.1, -0.05) is 45.1 Å². The van der Waals surface area contributed by atoms with E-state index >= 15 is 0 Å². The average Bonchev–Trinajstić information content (AvgIpc) is 2.67. The van der Waals surface area contributed by atoms with Gasteiger partial charge < -0.3 is 15.5 Å². The van der Waals surface area contributed by atoms with Gasteiger partial charge in [-0.3, -0.25) is 5.41 Å². The van der Waals surface area contributed by atoms with Gasteiger partial charge in [0.1, 0.15) is 0 Å². The number of nitrogens with two attached hydrogens (primary N) is 1. The van der Waals surface area contributed by atoms with Crippen LogP contribution in [0.2, 0.25) is 0 Å². The molecule has 2 aromatic rings. The van der Waals surface area contributed by atoms with E-state index in [2.05, 4.69) is 55.4 Å². The maximum atomic E-state index is 7.57. The van der Waals surface area contributed by atoms with Crippen LogP contribution in [0, 0.1) is 5.41 Å². The summed E-state index contributed by atoms with van der Waals surface area (Å²) in [7, 11) is 0. The summed E-state index contributed by atoms with van der Waals surface area (Å²) < 4.78 is 0. The zero-order chi connectivity index (χ0) is 20.5. The van der Waals surface area contributed by atoms with Crippen LogP contribution in [0.4, 0.5) is 5.95 Å². The van der Waals surface area contributed by atoms with Gasteiger partial charge in [-0.25, -0.2) is 9.97 Å². The molecule has 0 spiro atoms. The summed E-state index contributed by atoms with van der Waals surface area (Å²) in [5.74, 6) is 0.851. The first-order valence-corrected chi connectivity index (χ1v) is 9.64. The Balaban J connectivity index is 1.90. The second kappa shape index (κ2) is 7.62. The Bertz CT molecular complexity index is 888. The second-order valence-corrected chi connectivity index (χ2v) is 8.39. The van der Waals surface area contributed by atoms with Crippen molar-refractivity contribution in [1.82, 2.24) is 14.9 Å². The molecule has 1 aromatic carbocycles. The third-order valence-corrected chi connectivity index (χ3v) is 5.13. The molecule has 1 aliphatic rings. The summed E-state index contributed by atoms with van der Waals surface area (Å²) >= 11 is 0. The van der Waals surface area contributed by atoms with Crippen LogP contribution in [-0.2, 0) is 5.41 Å². The van der Waals surface area contributed by atoms with Crippen molar-refractivity contribution in [3.8, 4) is 11.3 Å². The van der Waals surface area contributed by atoms with Crippen LogP contribution in [0.3, 0.4) is 0 Å². The average molecular weight is 379 g/mol. The SMILES string of the molecule is C=C(C)c1ccc(-c2ccnc(N3CCN(C(=N)N)CC3)n2)cc1C(C)(C)C. The Hall–Kier alpha value is -2.89. The molecule has 0 radical (unpaired) electrons. The fourth-order valence-corrected chi connectivity index (χ4v) is 3.51. The molecule has 1 aromatic heterocycles. The van der Waals surface area contributed by atoms with E-state index in [1.165, 1.54) is 11.1 Å². The van der Waals surface area contributed by atoms with Gasteiger partial charge in [0.2, 0.25) is 5.95 Å². The third-order valence-electron chi connectivity index (χ3n) is 5.13. The lowest BCUT2D eigenvalue weighted by atomic mass is 9.81. The molecule has 6 heteroatoms. The standard InChI is InChI=1S/C22H30N6/c1-15(2)17-7-6-16(14-18(17)22(3,4)5)19-8-9-25-21(26-19)28-12-10-27(11-13-28)20(23)24/h6-9,14H,1,10-13H2,2-5H3,(H3,23,24). The number of hydrogen-bond acceptors (Lipinski definition) is 4. The summed E-state index contributed by atoms with van der Waals surface area (Å²) in [5, 5.41) is 7.57. The Kier molecular flexibility index (Phi) is 5.40. The fourth-order valence-electron chi connectivity index (χ4n) is 3.51. The predicted molar refractivity (Wildman–Crippen MR) is 117 cm³/mol. The molecule has 0 saturated carbocycles. The van der Waals surface area contributed by atoms with Crippen molar-refractivity contribution >= 4 is 17.5 Å². The lowest BCUT2D eigenvalue weighted by Crippen LogP contribution is -2.51. The van der Waals surface area contributed by atoms with E-state index in [0.29, 0.717) is 13.1 Å². The Morgan fingerprint density at radius 1 is 1.14 bits per heavy atom. The molecular weight excluding hydrogens is 348 g/mol. The van der Waals surface area contributed by atoms with Crippen LogP contribution < -0.4 is 10.6 Å². The number of allylic oxidation sites excluding steroid dienone is 1. The Morgan fingerprint density at radius 2 is 1.82 bits per heavy atom. The van der Waals surface area contributed by atoms with Crippen molar-refractivity contribution in [2.75, 3.05) is 31.1 Å². The number of hydrogen-bond donors (Lipinski definition) is 2. The van der Waals surface area contributed by atoms with E-state index in [-0.39, 0.29) is 11.4 Å². The number of aromatic nitrogens is 2. The summed E-state index contributed by atoms with van der Waals surface area (Å²) in [6.45, 7) is 15.8. The van der Waals surface area contributed by atoms with E-state index in [9.17, 15) is 0 Å². The second-order valence-electron chi connectivity index (χ2n) is 8.39. The van der Waals surface area contributed by atoms with E-state index in [4.69, 9.17) is 16.1 Å². The van der Waals surface area contributed by atoms with E-state index < -0.39 is 0 Å². The molecule has 0 aliphatic carbocycles. The first-order valence-electron chi connectivity index (χ1n) is 9.64. The first kappa shape index (κ1) is 19.9. The van der Waals surface area contributed by atoms with E-state index in [1.807, 2.05) is 24.1 Å². The van der Waals surface area contributed by atoms with Crippen LogP contribution in [-0.4, -0.2) is 47.0 Å². The molecule has 3 N–H and O–H groups in total. The quantitative estimate of drug-likeness (QED) is 0.631. The lowest BCUT2D eigenvalue weighted by molar-refractivity contribution is 0.377. The largest absolute Gasteiger partial charge is 0.370 e. The van der Waals surface area contributed by atoms with Gasteiger partial charge in [-0.05, 0) is 35.6 Å². The molecule has 148 valence electrons. The van der Waals surface area contributed by atoms with Gasteiger partial charge in [0.25, 0.3) is 0 Å². The van der Waals surface area contributed by atoms with Crippen molar-refractivity contribution in [3.05, 3.63) is 48.2 Å². The van der Waals surface area contributed by atoms with Gasteiger partial charge in [0.15, 0.2) is 5.96 Å². The topological polar surface area (TPSA) is 82.1 Å². The van der Waals surface area contributed by atoms with Crippen molar-refractivity contribution in [1.29, 1.82) is 5.41 Å². The zero-order valence-corrected chi connectivity index (χ0v) is 17.3. The molecule has 0 amide bonds. The van der Waals surface area contributed by atoms with Gasteiger partial charge in [-0.2, -0.15) is 0 Å². The highest BCUT2D eigenvalue weighted by Gasteiger charge is 2.21. The molecule has 3 rings (SSSR count). The number of guanidine groups is 1. The van der Waals surface area contributed by atoms with Crippen LogP contribution in [0.25, 0.3) is 16.8 Å². The van der Waals surface area contributed by atoms with Crippen molar-refractivity contribution in [3.63, 3.8) is 0 Å². The minimum atomic E-state index is 0.0170. The van der Waals surface area contributed by atoms with Gasteiger partial charge in [0, 0.05) is 37.9 Å². The molecule has 2 heterocycles. The summed E-state index contributed by atoms with van der Waals surface area (Å²) in [6.07, 6.45) is 1.82. The van der Waals surface area contributed by atoms with Crippen LogP contribution in [0.1, 0.15) is 38.8 Å². The minimum Gasteiger partial charge on any atom is -0.370 e. The number of benzene rings is 1. The summed E-state index contributed by atoms with van der Waals surface area (Å²) in [5.41, 5.74) is 11.1. The van der Waals surface area contributed by atoms with Crippen LogP contribution in [0.15, 0.2) is 37.0 Å². The normalized spacial score (nSPS) is 14.9. The molecular formula is C22H30N6. The monoisotopic (exact) mass is 378 g/mol. The Labute approximate surface area is 167 Å². The maximum Gasteiger partial charge on any atom is 0.225 e. The van der Waals surface area contributed by atoms with Gasteiger partial charge >= 0.3 is 0 Å². The van der Waals surface area contributed by atoms with Crippen LogP contribution in [0.5, 0.6) is 0 Å². The van der Waals surface area contributed by atoms with Gasteiger partial charge in [0.05, 0.1) is 5.69 Å². The summed E-state index contributed by atoms with van der Waals surface area (Å²) in [4.78, 5) is 13.3. The molecule has 0 atom stereocenters. The third kappa shape index (κ3) is 4.16. The predicted octanol–water partition coefficient (Wildman–Crippen LogP) is 3.49. The molecule has 1 saturated heterocycles. The van der Waals surface area contributed by atoms with Crippen molar-refractivity contribution in [2.45, 2.75) is 33.1 Å². The number of anilines is 1.